The molecular formula is C12H8O. The molecule has 0 heterocycles. The monoisotopic (exact) mass is 168 g/mol. The highest BCUT2D eigenvalue weighted by Crippen LogP contribution is 1.64. The Labute approximate surface area is 78.5 Å². The SMILES string of the molecule is C/C=C/C#CC#CC#C/C=C/C=O. The van der Waals surface area contributed by atoms with Crippen LogP contribution in [0, 0.1) is 35.5 Å². The lowest BCUT2D eigenvalue weighted by molar-refractivity contribution is -0.104. The third-order valence-electron chi connectivity index (χ3n) is 0.840. The number of hydrogen-bond acceptors (Lipinski definition) is 1. The summed E-state index contributed by atoms with van der Waals surface area (Å²) in [5.41, 5.74) is 0. The quantitative estimate of drug-likeness (QED) is 0.328. The van der Waals surface area contributed by atoms with Crippen LogP contribution in [0.4, 0.5) is 0 Å². The Morgan fingerprint density at radius 1 is 0.923 bits per heavy atom. The molecule has 0 radical (unpaired) electrons. The Morgan fingerprint density at radius 3 is 2.08 bits per heavy atom. The minimum Gasteiger partial charge on any atom is -0.299 e. The van der Waals surface area contributed by atoms with E-state index < -0.39 is 0 Å². The van der Waals surface area contributed by atoms with E-state index in [1.165, 1.54) is 12.2 Å². The van der Waals surface area contributed by atoms with Crippen LogP contribution >= 0.6 is 0 Å². The summed E-state index contributed by atoms with van der Waals surface area (Å²) < 4.78 is 0. The topological polar surface area (TPSA) is 17.1 Å². The number of carbonyl (C=O) groups excluding carboxylic acids is 1. The first-order valence-electron chi connectivity index (χ1n) is 3.64. The summed E-state index contributed by atoms with van der Waals surface area (Å²) in [6, 6.07) is 0. The predicted octanol–water partition coefficient (Wildman–Crippen LogP) is 1.33. The summed E-state index contributed by atoms with van der Waals surface area (Å²) in [6.07, 6.45) is 6.93. The molecule has 0 saturated heterocycles. The van der Waals surface area contributed by atoms with E-state index in [1.807, 2.05) is 13.0 Å². The number of hydrogen-bond donors (Lipinski definition) is 0. The van der Waals surface area contributed by atoms with Crippen molar-refractivity contribution in [1.29, 1.82) is 0 Å². The molecule has 13 heavy (non-hydrogen) atoms. The summed E-state index contributed by atoms with van der Waals surface area (Å²) in [5, 5.41) is 0. The van der Waals surface area contributed by atoms with Crippen molar-refractivity contribution in [3.63, 3.8) is 0 Å². The largest absolute Gasteiger partial charge is 0.299 e. The van der Waals surface area contributed by atoms with Crippen molar-refractivity contribution >= 4 is 6.29 Å². The molecule has 1 nitrogen and oxygen atoms in total. The molecule has 0 aliphatic carbocycles. The van der Waals surface area contributed by atoms with Crippen molar-refractivity contribution in [1.82, 2.24) is 0 Å². The molecule has 0 atom stereocenters. The van der Waals surface area contributed by atoms with E-state index in [4.69, 9.17) is 0 Å². The molecule has 0 rings (SSSR count). The molecule has 0 aliphatic heterocycles. The lowest BCUT2D eigenvalue weighted by atomic mass is 10.4. The average Bonchev–Trinajstić information content (AvgIpc) is 2.16. The Morgan fingerprint density at radius 2 is 1.54 bits per heavy atom. The van der Waals surface area contributed by atoms with Crippen molar-refractivity contribution < 1.29 is 4.79 Å². The van der Waals surface area contributed by atoms with Gasteiger partial charge in [-0.15, -0.1) is 0 Å². The molecule has 0 spiro atoms. The summed E-state index contributed by atoms with van der Waals surface area (Å²) in [7, 11) is 0. The highest BCUT2D eigenvalue weighted by atomic mass is 16.1. The Kier molecular flexibility index (Phi) is 8.19. The van der Waals surface area contributed by atoms with Gasteiger partial charge in [0.15, 0.2) is 0 Å². The second-order valence-electron chi connectivity index (χ2n) is 1.78. The van der Waals surface area contributed by atoms with E-state index >= 15 is 0 Å². The zero-order valence-electron chi connectivity index (χ0n) is 7.29. The van der Waals surface area contributed by atoms with Crippen LogP contribution in [0.1, 0.15) is 6.92 Å². The summed E-state index contributed by atoms with van der Waals surface area (Å²) in [4.78, 5) is 9.79. The van der Waals surface area contributed by atoms with Crippen molar-refractivity contribution in [3.8, 4) is 35.5 Å². The summed E-state index contributed by atoms with van der Waals surface area (Å²) in [5.74, 6) is 15.4. The number of aldehydes is 1. The fraction of sp³-hybridized carbons (Fsp3) is 0.0833. The third-order valence-corrected chi connectivity index (χ3v) is 0.840. The minimum absolute atomic E-state index is 0.661. The van der Waals surface area contributed by atoms with Crippen molar-refractivity contribution in [2.75, 3.05) is 0 Å². The summed E-state index contributed by atoms with van der Waals surface area (Å²) >= 11 is 0. The highest BCUT2D eigenvalue weighted by molar-refractivity contribution is 5.65. The van der Waals surface area contributed by atoms with Crippen LogP contribution in [-0.2, 0) is 4.79 Å². The van der Waals surface area contributed by atoms with Gasteiger partial charge < -0.3 is 0 Å². The first-order valence-corrected chi connectivity index (χ1v) is 3.64. The van der Waals surface area contributed by atoms with Crippen LogP contribution < -0.4 is 0 Å². The van der Waals surface area contributed by atoms with Crippen molar-refractivity contribution in [2.45, 2.75) is 6.92 Å². The van der Waals surface area contributed by atoms with Gasteiger partial charge in [-0.05, 0) is 48.8 Å². The lowest BCUT2D eigenvalue weighted by Crippen LogP contribution is -1.56. The normalized spacial score (nSPS) is 7.77. The van der Waals surface area contributed by atoms with E-state index in [0.717, 1.165) is 0 Å². The van der Waals surface area contributed by atoms with E-state index in [0.29, 0.717) is 6.29 Å². The van der Waals surface area contributed by atoms with Gasteiger partial charge in [-0.2, -0.15) is 0 Å². The zero-order valence-corrected chi connectivity index (χ0v) is 7.29. The van der Waals surface area contributed by atoms with E-state index in [-0.39, 0.29) is 0 Å². The van der Waals surface area contributed by atoms with E-state index in [9.17, 15) is 4.79 Å². The first kappa shape index (κ1) is 10.8. The van der Waals surface area contributed by atoms with Crippen LogP contribution in [0.3, 0.4) is 0 Å². The van der Waals surface area contributed by atoms with Crippen molar-refractivity contribution in [2.24, 2.45) is 0 Å². The van der Waals surface area contributed by atoms with Gasteiger partial charge in [0.2, 0.25) is 0 Å². The van der Waals surface area contributed by atoms with Gasteiger partial charge in [0.25, 0.3) is 0 Å². The second kappa shape index (κ2) is 9.83. The molecule has 0 fully saturated rings. The number of carbonyl (C=O) groups is 1. The summed E-state index contributed by atoms with van der Waals surface area (Å²) in [6.45, 7) is 1.88. The van der Waals surface area contributed by atoms with Gasteiger partial charge in [0.1, 0.15) is 6.29 Å². The molecule has 1 heteroatoms. The number of rotatable bonds is 1. The lowest BCUT2D eigenvalue weighted by Gasteiger charge is -1.60. The van der Waals surface area contributed by atoms with Crippen LogP contribution in [-0.4, -0.2) is 6.29 Å². The Balaban J connectivity index is 3.99. The molecule has 0 saturated carbocycles. The predicted molar refractivity (Wildman–Crippen MR) is 53.3 cm³/mol. The van der Waals surface area contributed by atoms with Gasteiger partial charge in [0, 0.05) is 0 Å². The maximum Gasteiger partial charge on any atom is 0.143 e. The molecule has 62 valence electrons. The molecule has 0 amide bonds. The van der Waals surface area contributed by atoms with Gasteiger partial charge in [-0.3, -0.25) is 4.79 Å². The zero-order chi connectivity index (χ0) is 9.78. The Hall–Kier alpha value is -2.17. The average molecular weight is 168 g/mol. The molecular weight excluding hydrogens is 160 g/mol. The second-order valence-corrected chi connectivity index (χ2v) is 1.78. The maximum atomic E-state index is 9.79. The maximum absolute atomic E-state index is 9.79. The standard InChI is InChI=1S/C12H8O/c1-2-3-4-5-6-7-8-9-10-11-12-13/h2-3,10-12H,1H3/b3-2+,11-10+. The van der Waals surface area contributed by atoms with Gasteiger partial charge in [-0.1, -0.05) is 17.9 Å². The van der Waals surface area contributed by atoms with Gasteiger partial charge >= 0.3 is 0 Å². The highest BCUT2D eigenvalue weighted by Gasteiger charge is 1.58. The van der Waals surface area contributed by atoms with Gasteiger partial charge in [-0.25, -0.2) is 0 Å². The van der Waals surface area contributed by atoms with Crippen LogP contribution in [0.2, 0.25) is 0 Å². The van der Waals surface area contributed by atoms with Crippen LogP contribution in [0.15, 0.2) is 24.3 Å². The van der Waals surface area contributed by atoms with Crippen molar-refractivity contribution in [3.05, 3.63) is 24.3 Å². The van der Waals surface area contributed by atoms with Gasteiger partial charge in [0.05, 0.1) is 0 Å². The molecule has 0 N–H and O–H groups in total. The first-order chi connectivity index (χ1) is 6.41. The van der Waals surface area contributed by atoms with Crippen LogP contribution in [0.25, 0.3) is 0 Å². The smallest absolute Gasteiger partial charge is 0.143 e. The number of allylic oxidation sites excluding steroid dienone is 4. The molecule has 0 aromatic heterocycles. The third kappa shape index (κ3) is 9.83. The fourth-order valence-corrected chi connectivity index (χ4v) is 0.389. The molecule has 0 aliphatic rings. The minimum atomic E-state index is 0.661. The van der Waals surface area contributed by atoms with Crippen LogP contribution in [0.5, 0.6) is 0 Å². The van der Waals surface area contributed by atoms with E-state index in [2.05, 4.69) is 35.5 Å². The van der Waals surface area contributed by atoms with E-state index in [1.54, 1.807) is 6.08 Å². The molecule has 0 aromatic rings. The molecule has 0 unspecified atom stereocenters. The molecule has 0 aromatic carbocycles. The molecule has 0 bridgehead atoms. The fourth-order valence-electron chi connectivity index (χ4n) is 0.389. The Bertz CT molecular complexity index is 378.